The molecule has 0 radical (unpaired) electrons. The lowest BCUT2D eigenvalue weighted by Crippen LogP contribution is -2.27. The number of benzene rings is 2. The lowest BCUT2D eigenvalue weighted by Gasteiger charge is -1.96. The van der Waals surface area contributed by atoms with Crippen molar-refractivity contribution in [2.45, 2.75) is 6.92 Å². The maximum Gasteiger partial charge on any atom is 0.408 e. The number of nitrogens with zero attached hydrogens (tertiary/aromatic N) is 3. The molecule has 0 saturated heterocycles. The first-order valence-corrected chi connectivity index (χ1v) is 7.21. The Morgan fingerprint density at radius 3 is 2.74 bits per heavy atom. The van der Waals surface area contributed by atoms with Gasteiger partial charge in [-0.3, -0.25) is 0 Å². The van der Waals surface area contributed by atoms with Gasteiger partial charge in [-0.15, -0.1) is 4.52 Å². The first kappa shape index (κ1) is 15.2. The third kappa shape index (κ3) is 2.28. The van der Waals surface area contributed by atoms with Gasteiger partial charge in [-0.05, 0) is 31.2 Å². The van der Waals surface area contributed by atoms with E-state index in [9.17, 15) is 4.79 Å². The molecule has 0 bridgehead atoms. The zero-order chi connectivity index (χ0) is 15.3. The summed E-state index contributed by atoms with van der Waals surface area (Å²) in [5.41, 5.74) is 3.42. The molecule has 0 atom stereocenters. The summed E-state index contributed by atoms with van der Waals surface area (Å²) < 4.78 is 3.24. The zero-order valence-electron chi connectivity index (χ0n) is 12.2. The van der Waals surface area contributed by atoms with Gasteiger partial charge in [0.15, 0.2) is 11.2 Å². The Kier molecular flexibility index (Phi) is 3.63. The van der Waals surface area contributed by atoms with E-state index < -0.39 is 0 Å². The number of rotatable bonds is 1. The van der Waals surface area contributed by atoms with Crippen LogP contribution in [0.25, 0.3) is 22.2 Å². The first-order valence-electron chi connectivity index (χ1n) is 6.83. The summed E-state index contributed by atoms with van der Waals surface area (Å²) in [6.45, 7) is 1.83. The molecule has 0 amide bonds. The summed E-state index contributed by atoms with van der Waals surface area (Å²) in [5, 5.41) is 3.69. The van der Waals surface area contributed by atoms with Crippen LogP contribution in [0.1, 0.15) is 5.69 Å². The van der Waals surface area contributed by atoms with Gasteiger partial charge in [-0.25, -0.2) is 9.78 Å². The average molecular weight is 329 g/mol. The maximum absolute atomic E-state index is 12.7. The van der Waals surface area contributed by atoms with Crippen molar-refractivity contribution in [3.63, 3.8) is 0 Å². The fraction of sp³-hybridized carbons (Fsp3) is 0.0625. The average Bonchev–Trinajstić information content (AvgIpc) is 2.86. The number of H-pyrrole nitrogens is 1. The summed E-state index contributed by atoms with van der Waals surface area (Å²) >= 11 is 6.02. The molecule has 0 saturated carbocycles. The molecule has 0 aliphatic carbocycles. The largest absolute Gasteiger partial charge is 0.870 e. The molecule has 0 fully saturated rings. The number of nitrogens with one attached hydrogen (secondary N) is 1. The summed E-state index contributed by atoms with van der Waals surface area (Å²) in [4.78, 5) is 17.2. The Balaban J connectivity index is 0.00000156. The van der Waals surface area contributed by atoms with Gasteiger partial charge in [-0.2, -0.15) is 0 Å². The Morgan fingerprint density at radius 2 is 1.96 bits per heavy atom. The van der Waals surface area contributed by atoms with E-state index in [0.717, 1.165) is 11.0 Å². The molecule has 116 valence electrons. The zero-order valence-corrected chi connectivity index (χ0v) is 12.9. The highest BCUT2D eigenvalue weighted by Crippen LogP contribution is 2.14. The summed E-state index contributed by atoms with van der Waals surface area (Å²) in [6.07, 6.45) is 0. The number of aryl methyl sites for hydroxylation is 1. The Labute approximate surface area is 135 Å². The quantitative estimate of drug-likeness (QED) is 0.544. The highest BCUT2D eigenvalue weighted by atomic mass is 35.5. The van der Waals surface area contributed by atoms with Crippen LogP contribution in [0.4, 0.5) is 0 Å². The van der Waals surface area contributed by atoms with Crippen LogP contribution in [0.15, 0.2) is 53.3 Å². The standard InChI is InChI=1S/C16H11ClN4O.H2O/c1-10-15-16(22)20(12-6-4-5-11(17)9-12)19-21(15)14-8-3-2-7-13(14)18-10;/h2-9H,1H3;1H2. The first-order chi connectivity index (χ1) is 10.6. The Morgan fingerprint density at radius 1 is 1.17 bits per heavy atom. The van der Waals surface area contributed by atoms with E-state index in [2.05, 4.69) is 10.2 Å². The van der Waals surface area contributed by atoms with Crippen LogP contribution in [0.3, 0.4) is 0 Å². The van der Waals surface area contributed by atoms with Crippen LogP contribution < -0.4 is 10.1 Å². The number of fused-ring (bicyclic) bond motifs is 3. The van der Waals surface area contributed by atoms with Crippen molar-refractivity contribution in [1.29, 1.82) is 0 Å². The minimum atomic E-state index is -0.155. The van der Waals surface area contributed by atoms with Gasteiger partial charge in [0, 0.05) is 11.1 Å². The van der Waals surface area contributed by atoms with Gasteiger partial charge in [0.1, 0.15) is 5.52 Å². The molecule has 2 aromatic carbocycles. The smallest absolute Gasteiger partial charge is 0.408 e. The van der Waals surface area contributed by atoms with Crippen LogP contribution in [0.2, 0.25) is 5.02 Å². The molecule has 7 heteroatoms. The van der Waals surface area contributed by atoms with Gasteiger partial charge >= 0.3 is 5.56 Å². The number of hydrogen-bond donors (Lipinski definition) is 1. The molecule has 6 nitrogen and oxygen atoms in total. The van der Waals surface area contributed by atoms with Crippen LogP contribution in [-0.2, 0) is 0 Å². The number of halogens is 1. The number of hydrogen-bond acceptors (Lipinski definition) is 3. The van der Waals surface area contributed by atoms with Gasteiger partial charge in [0.2, 0.25) is 0 Å². The molecule has 2 aromatic heterocycles. The maximum atomic E-state index is 12.7. The fourth-order valence-corrected chi connectivity index (χ4v) is 2.84. The summed E-state index contributed by atoms with van der Waals surface area (Å²) in [6, 6.07) is 14.8. The number of aromatic amines is 1. The van der Waals surface area contributed by atoms with E-state index in [4.69, 9.17) is 11.6 Å². The van der Waals surface area contributed by atoms with Crippen molar-refractivity contribution in [2.75, 3.05) is 0 Å². The molecule has 2 N–H and O–H groups in total. The summed E-state index contributed by atoms with van der Waals surface area (Å²) in [7, 11) is 0. The highest BCUT2D eigenvalue weighted by Gasteiger charge is 2.22. The highest BCUT2D eigenvalue weighted by molar-refractivity contribution is 6.30. The molecule has 23 heavy (non-hydrogen) atoms. The topological polar surface area (TPSA) is 84.8 Å². The lowest BCUT2D eigenvalue weighted by molar-refractivity contribution is -0.556. The molecule has 4 aromatic rings. The van der Waals surface area contributed by atoms with E-state index in [0.29, 0.717) is 21.9 Å². The normalized spacial score (nSPS) is 10.9. The monoisotopic (exact) mass is 328 g/mol. The molecule has 0 unspecified atom stereocenters. The van der Waals surface area contributed by atoms with Gasteiger partial charge in [-0.1, -0.05) is 39.7 Å². The molecule has 0 aliphatic heterocycles. The number of para-hydroxylation sites is 2. The van der Waals surface area contributed by atoms with Crippen molar-refractivity contribution >= 4 is 28.2 Å². The second-order valence-corrected chi connectivity index (χ2v) is 5.53. The van der Waals surface area contributed by atoms with Crippen molar-refractivity contribution in [1.82, 2.24) is 14.9 Å². The third-order valence-electron chi connectivity index (χ3n) is 3.65. The van der Waals surface area contributed by atoms with Crippen molar-refractivity contribution in [2.24, 2.45) is 0 Å². The number of aromatic nitrogens is 4. The Bertz CT molecular complexity index is 1080. The van der Waals surface area contributed by atoms with Crippen LogP contribution >= 0.6 is 11.6 Å². The summed E-state index contributed by atoms with van der Waals surface area (Å²) in [5.74, 6) is 0. The van der Waals surface area contributed by atoms with E-state index in [1.807, 2.05) is 43.3 Å². The molecular formula is C16H13ClN4O2. The second kappa shape index (κ2) is 5.49. The van der Waals surface area contributed by atoms with Crippen LogP contribution in [0, 0.1) is 6.92 Å². The molecule has 4 rings (SSSR count). The molecule has 0 aliphatic rings. The van der Waals surface area contributed by atoms with Crippen molar-refractivity contribution in [3.8, 4) is 5.69 Å². The second-order valence-electron chi connectivity index (χ2n) is 5.09. The molecular weight excluding hydrogens is 316 g/mol. The minimum Gasteiger partial charge on any atom is -0.870 e. The predicted octanol–water partition coefficient (Wildman–Crippen LogP) is 2.24. The molecule has 0 spiro atoms. The predicted molar refractivity (Wildman–Crippen MR) is 86.5 cm³/mol. The van der Waals surface area contributed by atoms with Gasteiger partial charge in [0.05, 0.1) is 5.69 Å². The van der Waals surface area contributed by atoms with E-state index in [1.165, 1.54) is 4.68 Å². The van der Waals surface area contributed by atoms with E-state index in [-0.39, 0.29) is 11.0 Å². The van der Waals surface area contributed by atoms with Crippen LogP contribution in [-0.4, -0.2) is 20.4 Å². The minimum absolute atomic E-state index is 0. The fourth-order valence-electron chi connectivity index (χ4n) is 2.66. The van der Waals surface area contributed by atoms with E-state index in [1.54, 1.807) is 16.6 Å². The SMILES string of the molecule is Cc1nc2ccccc2[n+]2[nH]n(-c3cccc(Cl)c3)c(=O)c12.[OH-]. The molecule has 2 heterocycles. The van der Waals surface area contributed by atoms with Gasteiger partial charge in [0.25, 0.3) is 5.52 Å². The van der Waals surface area contributed by atoms with E-state index >= 15 is 0 Å². The lowest BCUT2D eigenvalue weighted by atomic mass is 10.2. The van der Waals surface area contributed by atoms with Gasteiger partial charge < -0.3 is 5.48 Å². The van der Waals surface area contributed by atoms with Crippen molar-refractivity contribution < 1.29 is 9.99 Å². The van der Waals surface area contributed by atoms with Crippen molar-refractivity contribution in [3.05, 3.63) is 69.6 Å². The third-order valence-corrected chi connectivity index (χ3v) is 3.88. The Hall–Kier alpha value is -2.70. The van der Waals surface area contributed by atoms with Crippen LogP contribution in [0.5, 0.6) is 0 Å².